The first-order chi connectivity index (χ1) is 16.5. The molecule has 0 radical (unpaired) electrons. The minimum Gasteiger partial charge on any atom is -0.441 e. The maximum absolute atomic E-state index is 13.3. The average molecular weight is 522 g/mol. The molecule has 3 heterocycles. The molecule has 7 nitrogen and oxygen atoms in total. The summed E-state index contributed by atoms with van der Waals surface area (Å²) in [7, 11) is 0. The van der Waals surface area contributed by atoms with Crippen LogP contribution >= 0.6 is 15.9 Å². The second-order valence-electron chi connectivity index (χ2n) is 8.60. The summed E-state index contributed by atoms with van der Waals surface area (Å²) in [4.78, 5) is 33.7. The van der Waals surface area contributed by atoms with Gasteiger partial charge < -0.3 is 14.4 Å². The number of aromatic nitrogens is 1. The number of nitrogens with zero attached hydrogens (tertiary/aromatic N) is 3. The van der Waals surface area contributed by atoms with Crippen molar-refractivity contribution in [2.24, 2.45) is 0 Å². The van der Waals surface area contributed by atoms with Crippen LogP contribution in [0.15, 0.2) is 77.4 Å². The molecule has 5 rings (SSSR count). The second kappa shape index (κ2) is 9.46. The van der Waals surface area contributed by atoms with Crippen LogP contribution in [0.1, 0.15) is 28.8 Å². The molecule has 2 aliphatic heterocycles. The van der Waals surface area contributed by atoms with Crippen LogP contribution in [0, 0.1) is 0 Å². The number of pyridine rings is 1. The highest BCUT2D eigenvalue weighted by Crippen LogP contribution is 2.35. The Labute approximate surface area is 206 Å². The Hall–Kier alpha value is -3.39. The summed E-state index contributed by atoms with van der Waals surface area (Å²) in [5.41, 5.74) is 0.901. The fourth-order valence-electron chi connectivity index (χ4n) is 4.45. The van der Waals surface area contributed by atoms with Crippen molar-refractivity contribution >= 4 is 27.9 Å². The van der Waals surface area contributed by atoms with Crippen LogP contribution in [0.4, 0.5) is 4.79 Å². The molecule has 2 fully saturated rings. The maximum Gasteiger partial charge on any atom is 0.410 e. The van der Waals surface area contributed by atoms with Crippen LogP contribution in [0.2, 0.25) is 0 Å². The molecule has 0 bridgehead atoms. The number of ether oxygens (including phenoxy) is 2. The van der Waals surface area contributed by atoms with E-state index in [4.69, 9.17) is 9.47 Å². The number of likely N-dealkylation sites (tertiary alicyclic amines) is 1. The van der Waals surface area contributed by atoms with E-state index in [1.807, 2.05) is 54.6 Å². The van der Waals surface area contributed by atoms with Gasteiger partial charge in [0.2, 0.25) is 5.88 Å². The number of piperidine rings is 1. The van der Waals surface area contributed by atoms with Gasteiger partial charge in [-0.3, -0.25) is 9.69 Å². The summed E-state index contributed by atoms with van der Waals surface area (Å²) in [5.74, 6) is 0.770. The molecule has 0 aliphatic carbocycles. The monoisotopic (exact) mass is 521 g/mol. The zero-order valence-electron chi connectivity index (χ0n) is 18.5. The Balaban J connectivity index is 1.23. The van der Waals surface area contributed by atoms with Crippen molar-refractivity contribution in [2.75, 3.05) is 19.6 Å². The molecule has 3 aromatic rings. The lowest BCUT2D eigenvalue weighted by Gasteiger charge is -2.37. The van der Waals surface area contributed by atoms with Crippen LogP contribution in [0.5, 0.6) is 11.6 Å². The average Bonchev–Trinajstić information content (AvgIpc) is 3.14. The molecular weight excluding hydrogens is 498 g/mol. The quantitative estimate of drug-likeness (QED) is 0.457. The number of hydrogen-bond donors (Lipinski definition) is 0. The van der Waals surface area contributed by atoms with E-state index in [-0.39, 0.29) is 17.9 Å². The van der Waals surface area contributed by atoms with Gasteiger partial charge in [-0.15, -0.1) is 0 Å². The van der Waals surface area contributed by atoms with E-state index < -0.39 is 5.60 Å². The van der Waals surface area contributed by atoms with Gasteiger partial charge in [0.1, 0.15) is 16.9 Å². The zero-order chi connectivity index (χ0) is 23.5. The molecule has 1 aromatic heterocycles. The van der Waals surface area contributed by atoms with Gasteiger partial charge in [0, 0.05) is 43.1 Å². The number of para-hydroxylation sites is 1. The highest BCUT2D eigenvalue weighted by atomic mass is 79.9. The number of halogens is 1. The molecular formula is C26H24BrN3O4. The fraction of sp³-hybridized carbons (Fsp3) is 0.269. The predicted molar refractivity (Wildman–Crippen MR) is 130 cm³/mol. The van der Waals surface area contributed by atoms with Crippen molar-refractivity contribution in [3.8, 4) is 11.6 Å². The van der Waals surface area contributed by atoms with Crippen molar-refractivity contribution in [2.45, 2.75) is 25.0 Å². The molecule has 34 heavy (non-hydrogen) atoms. The van der Waals surface area contributed by atoms with Crippen LogP contribution in [-0.2, 0) is 11.3 Å². The van der Waals surface area contributed by atoms with Crippen molar-refractivity contribution in [1.29, 1.82) is 0 Å². The standard InChI is InChI=1S/C26H24BrN3O4/c27-20-7-4-6-19(16-20)17-30-18-26(34-25(30)32)11-14-29(15-12-26)24(31)22-10-5-13-28-23(22)33-21-8-2-1-3-9-21/h1-10,13,16H,11-12,14-15,17-18H2. The van der Waals surface area contributed by atoms with Crippen LogP contribution in [-0.4, -0.2) is 52.0 Å². The summed E-state index contributed by atoms with van der Waals surface area (Å²) >= 11 is 3.47. The van der Waals surface area contributed by atoms with Gasteiger partial charge in [-0.2, -0.15) is 0 Å². The molecule has 0 N–H and O–H groups in total. The molecule has 2 aromatic carbocycles. The minimum absolute atomic E-state index is 0.135. The first kappa shape index (κ1) is 22.4. The predicted octanol–water partition coefficient (Wildman–Crippen LogP) is 5.26. The van der Waals surface area contributed by atoms with Gasteiger partial charge in [-0.25, -0.2) is 9.78 Å². The first-order valence-corrected chi connectivity index (χ1v) is 12.0. The van der Waals surface area contributed by atoms with Crippen LogP contribution in [0.25, 0.3) is 0 Å². The van der Waals surface area contributed by atoms with Crippen LogP contribution < -0.4 is 4.74 Å². The number of amides is 2. The Morgan fingerprint density at radius 3 is 2.62 bits per heavy atom. The molecule has 2 aliphatic rings. The summed E-state index contributed by atoms with van der Waals surface area (Å²) in [6.45, 7) is 2.02. The van der Waals surface area contributed by atoms with E-state index >= 15 is 0 Å². The Bertz CT molecular complexity index is 1200. The third kappa shape index (κ3) is 4.77. The lowest BCUT2D eigenvalue weighted by molar-refractivity contribution is 0.00306. The molecule has 2 amide bonds. The first-order valence-electron chi connectivity index (χ1n) is 11.2. The van der Waals surface area contributed by atoms with Crippen molar-refractivity contribution in [1.82, 2.24) is 14.8 Å². The molecule has 0 unspecified atom stereocenters. The van der Waals surface area contributed by atoms with E-state index in [0.29, 0.717) is 50.3 Å². The summed E-state index contributed by atoms with van der Waals surface area (Å²) in [6.07, 6.45) is 2.49. The summed E-state index contributed by atoms with van der Waals surface area (Å²) < 4.78 is 12.7. The third-order valence-electron chi connectivity index (χ3n) is 6.22. The highest BCUT2D eigenvalue weighted by Gasteiger charge is 2.47. The smallest absolute Gasteiger partial charge is 0.410 e. The lowest BCUT2D eigenvalue weighted by atomic mass is 9.91. The number of hydrogen-bond acceptors (Lipinski definition) is 5. The third-order valence-corrected chi connectivity index (χ3v) is 6.72. The summed E-state index contributed by atoms with van der Waals surface area (Å²) in [6, 6.07) is 20.6. The summed E-state index contributed by atoms with van der Waals surface area (Å²) in [5, 5.41) is 0. The number of benzene rings is 2. The Morgan fingerprint density at radius 2 is 1.85 bits per heavy atom. The van der Waals surface area contributed by atoms with Gasteiger partial charge in [0.25, 0.3) is 5.91 Å². The maximum atomic E-state index is 13.3. The van der Waals surface area contributed by atoms with Gasteiger partial charge in [-0.1, -0.05) is 46.3 Å². The fourth-order valence-corrected chi connectivity index (χ4v) is 4.90. The van der Waals surface area contributed by atoms with Gasteiger partial charge in [0.05, 0.1) is 6.54 Å². The van der Waals surface area contributed by atoms with Crippen molar-refractivity contribution < 1.29 is 19.1 Å². The van der Waals surface area contributed by atoms with Gasteiger partial charge >= 0.3 is 6.09 Å². The van der Waals surface area contributed by atoms with E-state index in [0.717, 1.165) is 10.0 Å². The van der Waals surface area contributed by atoms with E-state index in [2.05, 4.69) is 20.9 Å². The van der Waals surface area contributed by atoms with E-state index in [1.54, 1.807) is 28.1 Å². The molecule has 8 heteroatoms. The van der Waals surface area contributed by atoms with Crippen molar-refractivity contribution in [3.63, 3.8) is 0 Å². The van der Waals surface area contributed by atoms with Gasteiger partial charge in [0.15, 0.2) is 0 Å². The molecule has 2 saturated heterocycles. The minimum atomic E-state index is -0.557. The molecule has 174 valence electrons. The molecule has 1 spiro atoms. The highest BCUT2D eigenvalue weighted by molar-refractivity contribution is 9.10. The second-order valence-corrected chi connectivity index (χ2v) is 9.52. The normalized spacial score (nSPS) is 17.0. The van der Waals surface area contributed by atoms with Gasteiger partial charge in [-0.05, 0) is 42.0 Å². The number of rotatable bonds is 5. The Morgan fingerprint density at radius 1 is 1.06 bits per heavy atom. The SMILES string of the molecule is O=C1OC2(CCN(C(=O)c3cccnc3Oc3ccccc3)CC2)CN1Cc1cccc(Br)c1. The van der Waals surface area contributed by atoms with Crippen LogP contribution in [0.3, 0.4) is 0 Å². The molecule has 0 atom stereocenters. The topological polar surface area (TPSA) is 72.0 Å². The van der Waals surface area contributed by atoms with E-state index in [1.165, 1.54) is 0 Å². The Kier molecular flexibility index (Phi) is 6.24. The number of carbonyl (C=O) groups is 2. The zero-order valence-corrected chi connectivity index (χ0v) is 20.1. The van der Waals surface area contributed by atoms with E-state index in [9.17, 15) is 9.59 Å². The lowest BCUT2D eigenvalue weighted by Crippen LogP contribution is -2.48. The largest absolute Gasteiger partial charge is 0.441 e. The van der Waals surface area contributed by atoms with Crippen molar-refractivity contribution in [3.05, 3.63) is 88.5 Å². The number of carbonyl (C=O) groups excluding carboxylic acids is 2. The molecule has 0 saturated carbocycles.